The number of benzene rings is 2. The second-order valence-electron chi connectivity index (χ2n) is 5.28. The van der Waals surface area contributed by atoms with Crippen LogP contribution in [0.15, 0.2) is 60.8 Å². The van der Waals surface area contributed by atoms with Gasteiger partial charge in [0.1, 0.15) is 12.4 Å². The van der Waals surface area contributed by atoms with Crippen molar-refractivity contribution in [2.24, 2.45) is 0 Å². The van der Waals surface area contributed by atoms with E-state index in [1.54, 1.807) is 12.3 Å². The highest BCUT2D eigenvalue weighted by Gasteiger charge is 2.06. The Bertz CT molecular complexity index is 1000. The topological polar surface area (TPSA) is 63.0 Å². The van der Waals surface area contributed by atoms with Gasteiger partial charge in [-0.25, -0.2) is 9.18 Å². The number of esters is 1. The van der Waals surface area contributed by atoms with E-state index < -0.39 is 11.8 Å². The zero-order valence-electron chi connectivity index (χ0n) is 13.1. The first-order valence-electron chi connectivity index (χ1n) is 7.54. The maximum atomic E-state index is 13.7. The highest BCUT2D eigenvalue weighted by Crippen LogP contribution is 2.17. The number of rotatable bonds is 4. The minimum Gasteiger partial charge on any atom is -0.458 e. The summed E-state index contributed by atoms with van der Waals surface area (Å²) in [7, 11) is 0. The second kappa shape index (κ2) is 7.37. The molecule has 1 heterocycles. The Labute approximate surface area is 143 Å². The van der Waals surface area contributed by atoms with Crippen molar-refractivity contribution in [3.63, 3.8) is 0 Å². The van der Waals surface area contributed by atoms with Crippen molar-refractivity contribution in [3.05, 3.63) is 83.3 Å². The summed E-state index contributed by atoms with van der Waals surface area (Å²) in [6.07, 6.45) is 4.59. The third kappa shape index (κ3) is 3.88. The van der Waals surface area contributed by atoms with E-state index in [0.717, 1.165) is 22.5 Å². The number of ether oxygens (including phenoxy) is 1. The lowest BCUT2D eigenvalue weighted by Gasteiger charge is -2.04. The van der Waals surface area contributed by atoms with E-state index in [9.17, 15) is 9.18 Å². The fourth-order valence-electron chi connectivity index (χ4n) is 2.35. The highest BCUT2D eigenvalue weighted by atomic mass is 19.1. The number of nitriles is 1. The van der Waals surface area contributed by atoms with E-state index in [4.69, 9.17) is 10.00 Å². The number of fused-ring (bicyclic) bond motifs is 1. The summed E-state index contributed by atoms with van der Waals surface area (Å²) in [6, 6.07) is 15.3. The molecule has 0 N–H and O–H groups in total. The summed E-state index contributed by atoms with van der Waals surface area (Å²) < 4.78 is 18.8. The number of aromatic nitrogens is 1. The van der Waals surface area contributed by atoms with E-state index in [1.165, 1.54) is 18.2 Å². The van der Waals surface area contributed by atoms with Crippen LogP contribution in [0.25, 0.3) is 17.0 Å². The molecule has 0 fully saturated rings. The standard InChI is InChI=1S/C20H13FN2O2/c21-18-11-14(12-22)6-7-17(18)13-25-19(24)9-8-16-4-1-3-15-5-2-10-23-20(15)16/h1-11H,13H2/b9-8+. The normalized spacial score (nSPS) is 10.7. The Morgan fingerprint density at radius 2 is 2.08 bits per heavy atom. The van der Waals surface area contributed by atoms with E-state index in [0.29, 0.717) is 0 Å². The van der Waals surface area contributed by atoms with Crippen LogP contribution in [0.2, 0.25) is 0 Å². The van der Waals surface area contributed by atoms with Crippen LogP contribution in [-0.2, 0) is 16.1 Å². The van der Waals surface area contributed by atoms with E-state index in [1.807, 2.05) is 36.4 Å². The molecule has 5 heteroatoms. The van der Waals surface area contributed by atoms with Crippen molar-refractivity contribution in [1.82, 2.24) is 4.98 Å². The molecule has 0 spiro atoms. The quantitative estimate of drug-likeness (QED) is 0.535. The number of carbonyl (C=O) groups excluding carboxylic acids is 1. The van der Waals surface area contributed by atoms with E-state index in [2.05, 4.69) is 4.98 Å². The van der Waals surface area contributed by atoms with Crippen LogP contribution in [0.5, 0.6) is 0 Å². The molecular weight excluding hydrogens is 319 g/mol. The van der Waals surface area contributed by atoms with Crippen molar-refractivity contribution in [2.45, 2.75) is 6.61 Å². The zero-order valence-corrected chi connectivity index (χ0v) is 13.1. The zero-order chi connectivity index (χ0) is 17.6. The predicted molar refractivity (Wildman–Crippen MR) is 91.7 cm³/mol. The molecule has 0 bridgehead atoms. The van der Waals surface area contributed by atoms with Gasteiger partial charge in [-0.1, -0.05) is 30.3 Å². The van der Waals surface area contributed by atoms with Gasteiger partial charge in [-0.15, -0.1) is 0 Å². The molecule has 3 aromatic rings. The first-order chi connectivity index (χ1) is 12.2. The summed E-state index contributed by atoms with van der Waals surface area (Å²) in [5.74, 6) is -1.16. The maximum absolute atomic E-state index is 13.7. The van der Waals surface area contributed by atoms with Crippen LogP contribution in [0.4, 0.5) is 4.39 Å². The Balaban J connectivity index is 1.68. The van der Waals surface area contributed by atoms with Crippen molar-refractivity contribution in [2.75, 3.05) is 0 Å². The largest absolute Gasteiger partial charge is 0.458 e. The SMILES string of the molecule is N#Cc1ccc(COC(=O)/C=C/c2cccc3cccnc23)c(F)c1. The molecule has 0 radical (unpaired) electrons. The second-order valence-corrected chi connectivity index (χ2v) is 5.28. The van der Waals surface area contributed by atoms with Gasteiger partial charge in [0, 0.05) is 28.8 Å². The molecule has 0 aliphatic heterocycles. The Morgan fingerprint density at radius 1 is 1.24 bits per heavy atom. The van der Waals surface area contributed by atoms with Crippen LogP contribution < -0.4 is 0 Å². The van der Waals surface area contributed by atoms with Gasteiger partial charge in [0.15, 0.2) is 0 Å². The van der Waals surface area contributed by atoms with Crippen LogP contribution in [0.1, 0.15) is 16.7 Å². The molecule has 0 amide bonds. The molecule has 4 nitrogen and oxygen atoms in total. The predicted octanol–water partition coefficient (Wildman–Crippen LogP) is 4.00. The lowest BCUT2D eigenvalue weighted by Crippen LogP contribution is -2.02. The Hall–Kier alpha value is -3.52. The first-order valence-corrected chi connectivity index (χ1v) is 7.54. The molecule has 0 aliphatic carbocycles. The number of nitrogens with zero attached hydrogens (tertiary/aromatic N) is 2. The average molecular weight is 332 g/mol. The first kappa shape index (κ1) is 16.3. The van der Waals surface area contributed by atoms with Gasteiger partial charge in [-0.2, -0.15) is 5.26 Å². The molecule has 3 rings (SSSR count). The van der Waals surface area contributed by atoms with Crippen LogP contribution >= 0.6 is 0 Å². The molecule has 0 saturated carbocycles. The Kier molecular flexibility index (Phi) is 4.82. The molecular formula is C20H13FN2O2. The minimum atomic E-state index is -0.586. The lowest BCUT2D eigenvalue weighted by atomic mass is 10.1. The summed E-state index contributed by atoms with van der Waals surface area (Å²) in [5, 5.41) is 9.68. The molecule has 2 aromatic carbocycles. The molecule has 122 valence electrons. The summed E-state index contributed by atoms with van der Waals surface area (Å²) in [6.45, 7) is -0.200. The maximum Gasteiger partial charge on any atom is 0.331 e. The number of para-hydroxylation sites is 1. The van der Waals surface area contributed by atoms with Gasteiger partial charge in [0.05, 0.1) is 17.1 Å². The molecule has 0 atom stereocenters. The fourth-order valence-corrected chi connectivity index (χ4v) is 2.35. The highest BCUT2D eigenvalue weighted by molar-refractivity contribution is 5.92. The van der Waals surface area contributed by atoms with Crippen LogP contribution in [0, 0.1) is 17.1 Å². The van der Waals surface area contributed by atoms with Crippen molar-refractivity contribution >= 4 is 22.9 Å². The number of pyridine rings is 1. The fraction of sp³-hybridized carbons (Fsp3) is 0.0500. The molecule has 0 saturated heterocycles. The van der Waals surface area contributed by atoms with Crippen LogP contribution in [-0.4, -0.2) is 11.0 Å². The van der Waals surface area contributed by atoms with Gasteiger partial charge < -0.3 is 4.74 Å². The monoisotopic (exact) mass is 332 g/mol. The van der Waals surface area contributed by atoms with Gasteiger partial charge in [0.2, 0.25) is 0 Å². The third-order valence-electron chi connectivity index (χ3n) is 3.61. The van der Waals surface area contributed by atoms with Gasteiger partial charge >= 0.3 is 5.97 Å². The summed E-state index contributed by atoms with van der Waals surface area (Å²) >= 11 is 0. The molecule has 0 aliphatic rings. The van der Waals surface area contributed by atoms with Gasteiger partial charge in [-0.3, -0.25) is 4.98 Å². The van der Waals surface area contributed by atoms with Crippen LogP contribution in [0.3, 0.4) is 0 Å². The molecule has 0 unspecified atom stereocenters. The number of hydrogen-bond acceptors (Lipinski definition) is 4. The van der Waals surface area contributed by atoms with E-state index >= 15 is 0 Å². The summed E-state index contributed by atoms with van der Waals surface area (Å²) in [5.41, 5.74) is 2.01. The minimum absolute atomic E-state index is 0.200. The average Bonchev–Trinajstić information content (AvgIpc) is 2.65. The summed E-state index contributed by atoms with van der Waals surface area (Å²) in [4.78, 5) is 16.2. The molecule has 1 aromatic heterocycles. The molecule has 25 heavy (non-hydrogen) atoms. The van der Waals surface area contributed by atoms with Gasteiger partial charge in [0.25, 0.3) is 0 Å². The van der Waals surface area contributed by atoms with Crippen molar-refractivity contribution in [1.29, 1.82) is 5.26 Å². The van der Waals surface area contributed by atoms with Gasteiger partial charge in [-0.05, 0) is 24.3 Å². The third-order valence-corrected chi connectivity index (χ3v) is 3.61. The van der Waals surface area contributed by atoms with E-state index in [-0.39, 0.29) is 17.7 Å². The number of hydrogen-bond donors (Lipinski definition) is 0. The smallest absolute Gasteiger partial charge is 0.331 e. The number of carbonyl (C=O) groups is 1. The number of halogens is 1. The van der Waals surface area contributed by atoms with Crippen molar-refractivity contribution < 1.29 is 13.9 Å². The van der Waals surface area contributed by atoms with Crippen molar-refractivity contribution in [3.8, 4) is 6.07 Å². The lowest BCUT2D eigenvalue weighted by molar-refractivity contribution is -0.138. The Morgan fingerprint density at radius 3 is 2.88 bits per heavy atom.